The summed E-state index contributed by atoms with van der Waals surface area (Å²) in [5, 5.41) is 2.64. The standard InChI is InChI=1S/C11H13F2N5O4S2/c1-17(2)24(21,22)18-7-14-11(16-18)23(19,20)15-6-8-3-4-9(12)10(13)5-8/h3-5,7,15H,6H2,1-2H3. The molecule has 0 aliphatic heterocycles. The SMILES string of the molecule is CN(C)S(=O)(=O)n1cnc(S(=O)(=O)NCc2ccc(F)c(F)c2)n1. The van der Waals surface area contributed by atoms with Gasteiger partial charge in [0, 0.05) is 20.6 Å². The molecule has 0 fully saturated rings. The van der Waals surface area contributed by atoms with Crippen molar-refractivity contribution in [2.45, 2.75) is 11.7 Å². The second-order valence-corrected chi connectivity index (χ2v) is 8.42. The highest BCUT2D eigenvalue weighted by atomic mass is 32.2. The third kappa shape index (κ3) is 3.75. The van der Waals surface area contributed by atoms with Gasteiger partial charge < -0.3 is 0 Å². The predicted molar refractivity (Wildman–Crippen MR) is 78.4 cm³/mol. The topological polar surface area (TPSA) is 114 Å². The molecule has 2 rings (SSSR count). The van der Waals surface area contributed by atoms with Gasteiger partial charge in [0.1, 0.15) is 6.33 Å². The van der Waals surface area contributed by atoms with Gasteiger partial charge >= 0.3 is 10.2 Å². The van der Waals surface area contributed by atoms with Crippen molar-refractivity contribution in [1.29, 1.82) is 0 Å². The first kappa shape index (κ1) is 18.4. The third-order valence-corrected chi connectivity index (χ3v) is 5.60. The zero-order valence-electron chi connectivity index (χ0n) is 12.5. The van der Waals surface area contributed by atoms with Crippen molar-refractivity contribution >= 4 is 20.2 Å². The van der Waals surface area contributed by atoms with Crippen molar-refractivity contribution in [3.63, 3.8) is 0 Å². The molecule has 0 aliphatic rings. The minimum absolute atomic E-state index is 0.165. The van der Waals surface area contributed by atoms with Gasteiger partial charge in [-0.3, -0.25) is 0 Å². The van der Waals surface area contributed by atoms with Crippen LogP contribution in [0.2, 0.25) is 0 Å². The third-order valence-electron chi connectivity index (χ3n) is 2.84. The summed E-state index contributed by atoms with van der Waals surface area (Å²) in [4.78, 5) is 3.44. The van der Waals surface area contributed by atoms with Crippen molar-refractivity contribution in [2.24, 2.45) is 0 Å². The molecule has 0 radical (unpaired) electrons. The summed E-state index contributed by atoms with van der Waals surface area (Å²) in [6.45, 7) is -0.353. The molecule has 0 saturated carbocycles. The fraction of sp³-hybridized carbons (Fsp3) is 0.273. The molecule has 0 unspecified atom stereocenters. The van der Waals surface area contributed by atoms with E-state index >= 15 is 0 Å². The molecule has 0 spiro atoms. The first-order valence-electron chi connectivity index (χ1n) is 6.32. The molecule has 0 bridgehead atoms. The largest absolute Gasteiger partial charge is 0.323 e. The van der Waals surface area contributed by atoms with Crippen LogP contribution in [0.15, 0.2) is 29.7 Å². The molecular formula is C11H13F2N5O4S2. The molecule has 0 amide bonds. The minimum atomic E-state index is -4.24. The second kappa shape index (κ2) is 6.51. The lowest BCUT2D eigenvalue weighted by Gasteiger charge is -2.09. The molecule has 1 heterocycles. The van der Waals surface area contributed by atoms with E-state index in [2.05, 4.69) is 14.8 Å². The van der Waals surface area contributed by atoms with E-state index in [0.717, 1.165) is 22.8 Å². The maximum absolute atomic E-state index is 13.1. The van der Waals surface area contributed by atoms with E-state index in [9.17, 15) is 25.6 Å². The number of aromatic nitrogens is 3. The highest BCUT2D eigenvalue weighted by Crippen LogP contribution is 2.10. The molecule has 13 heteroatoms. The van der Waals surface area contributed by atoms with E-state index in [-0.39, 0.29) is 12.1 Å². The highest BCUT2D eigenvalue weighted by Gasteiger charge is 2.24. The van der Waals surface area contributed by atoms with Gasteiger partial charge in [0.05, 0.1) is 0 Å². The van der Waals surface area contributed by atoms with Crippen LogP contribution in [-0.4, -0.2) is 49.4 Å². The van der Waals surface area contributed by atoms with E-state index in [1.165, 1.54) is 20.2 Å². The Bertz CT molecular complexity index is 957. The van der Waals surface area contributed by atoms with Crippen LogP contribution in [0.1, 0.15) is 5.56 Å². The lowest BCUT2D eigenvalue weighted by Crippen LogP contribution is -2.30. The lowest BCUT2D eigenvalue weighted by atomic mass is 10.2. The Morgan fingerprint density at radius 1 is 1.17 bits per heavy atom. The minimum Gasteiger partial charge on any atom is -0.204 e. The molecule has 2 aromatic rings. The Balaban J connectivity index is 2.19. The molecular weight excluding hydrogens is 368 g/mol. The van der Waals surface area contributed by atoms with Crippen LogP contribution in [0.3, 0.4) is 0 Å². The quantitative estimate of drug-likeness (QED) is 0.734. The maximum Gasteiger partial charge on any atom is 0.323 e. The van der Waals surface area contributed by atoms with Crippen molar-refractivity contribution in [3.05, 3.63) is 41.7 Å². The Kier molecular flexibility index (Phi) is 4.98. The van der Waals surface area contributed by atoms with Crippen LogP contribution >= 0.6 is 0 Å². The normalized spacial score (nSPS) is 12.7. The first-order valence-corrected chi connectivity index (χ1v) is 9.20. The van der Waals surface area contributed by atoms with Crippen LogP contribution in [0.25, 0.3) is 0 Å². The summed E-state index contributed by atoms with van der Waals surface area (Å²) >= 11 is 0. The molecule has 24 heavy (non-hydrogen) atoms. The second-order valence-electron chi connectivity index (χ2n) is 4.76. The van der Waals surface area contributed by atoms with Crippen LogP contribution < -0.4 is 4.72 Å². The monoisotopic (exact) mass is 381 g/mol. The molecule has 1 aromatic carbocycles. The smallest absolute Gasteiger partial charge is 0.204 e. The number of rotatable bonds is 6. The van der Waals surface area contributed by atoms with Crippen molar-refractivity contribution < 1.29 is 25.6 Å². The van der Waals surface area contributed by atoms with Crippen LogP contribution in [0.4, 0.5) is 8.78 Å². The Morgan fingerprint density at radius 2 is 1.83 bits per heavy atom. The number of halogens is 2. The number of hydrogen-bond donors (Lipinski definition) is 1. The van der Waals surface area contributed by atoms with E-state index in [1.807, 2.05) is 0 Å². The summed E-state index contributed by atoms with van der Waals surface area (Å²) in [7, 11) is -5.75. The van der Waals surface area contributed by atoms with Gasteiger partial charge in [0.15, 0.2) is 11.6 Å². The Morgan fingerprint density at radius 3 is 2.42 bits per heavy atom. The summed E-state index contributed by atoms with van der Waals surface area (Å²) in [5.74, 6) is -2.18. The van der Waals surface area contributed by atoms with Gasteiger partial charge in [0.25, 0.3) is 15.2 Å². The molecule has 1 N–H and O–H groups in total. The molecule has 0 atom stereocenters. The van der Waals surface area contributed by atoms with E-state index in [1.54, 1.807) is 0 Å². The average Bonchev–Trinajstić information content (AvgIpc) is 3.00. The average molecular weight is 381 g/mol. The fourth-order valence-corrected chi connectivity index (χ4v) is 3.13. The molecule has 0 saturated heterocycles. The first-order chi connectivity index (χ1) is 11.0. The summed E-state index contributed by atoms with van der Waals surface area (Å²) in [5.41, 5.74) is 0.165. The number of benzene rings is 1. The zero-order valence-corrected chi connectivity index (χ0v) is 14.1. The summed E-state index contributed by atoms with van der Waals surface area (Å²) < 4.78 is 76.9. The van der Waals surface area contributed by atoms with Gasteiger partial charge in [0.2, 0.25) is 0 Å². The van der Waals surface area contributed by atoms with Gasteiger partial charge in [-0.2, -0.15) is 12.7 Å². The predicted octanol–water partition coefficient (Wildman–Crippen LogP) is -0.311. The zero-order chi connectivity index (χ0) is 18.1. The van der Waals surface area contributed by atoms with Gasteiger partial charge in [-0.15, -0.1) is 9.19 Å². The highest BCUT2D eigenvalue weighted by molar-refractivity contribution is 7.89. The van der Waals surface area contributed by atoms with Crippen LogP contribution in [-0.2, 0) is 26.8 Å². The van der Waals surface area contributed by atoms with E-state index < -0.39 is 37.0 Å². The Hall–Kier alpha value is -1.96. The van der Waals surface area contributed by atoms with E-state index in [0.29, 0.717) is 4.09 Å². The van der Waals surface area contributed by atoms with E-state index in [4.69, 9.17) is 0 Å². The lowest BCUT2D eigenvalue weighted by molar-refractivity contribution is 0.502. The molecule has 9 nitrogen and oxygen atoms in total. The van der Waals surface area contributed by atoms with Gasteiger partial charge in [-0.05, 0) is 17.7 Å². The molecule has 132 valence electrons. The number of sulfonamides is 1. The number of nitrogens with one attached hydrogen (secondary N) is 1. The molecule has 1 aromatic heterocycles. The molecule has 0 aliphatic carbocycles. The maximum atomic E-state index is 13.1. The van der Waals surface area contributed by atoms with Crippen molar-refractivity contribution in [1.82, 2.24) is 23.2 Å². The Labute approximate surface area is 137 Å². The number of nitrogens with zero attached hydrogens (tertiary/aromatic N) is 4. The van der Waals surface area contributed by atoms with Crippen molar-refractivity contribution in [2.75, 3.05) is 14.1 Å². The summed E-state index contributed by atoms with van der Waals surface area (Å²) in [6.07, 6.45) is 0.738. The van der Waals surface area contributed by atoms with Crippen LogP contribution in [0, 0.1) is 11.6 Å². The van der Waals surface area contributed by atoms with Crippen molar-refractivity contribution in [3.8, 4) is 0 Å². The number of hydrogen-bond acceptors (Lipinski definition) is 6. The van der Waals surface area contributed by atoms with Gasteiger partial charge in [-0.1, -0.05) is 6.07 Å². The van der Waals surface area contributed by atoms with Crippen LogP contribution in [0.5, 0.6) is 0 Å². The van der Waals surface area contributed by atoms with Gasteiger partial charge in [-0.25, -0.2) is 26.9 Å². The summed E-state index contributed by atoms with van der Waals surface area (Å²) in [6, 6.07) is 2.89. The fourth-order valence-electron chi connectivity index (χ4n) is 1.53.